The Morgan fingerprint density at radius 2 is 0.737 bits per heavy atom. The Kier molecular flexibility index (Phi) is 26.7. The Morgan fingerprint density at radius 1 is 0.474 bits per heavy atom. The maximum absolute atomic E-state index is 11.9. The summed E-state index contributed by atoms with van der Waals surface area (Å²) < 4.78 is 10.3. The molecule has 0 aromatic rings. The number of unbranched alkanes of at least 4 members (excludes halogenated alkanes) is 16. The number of aliphatic hydroxyl groups excluding tert-OH is 1. The van der Waals surface area contributed by atoms with Crippen molar-refractivity contribution in [2.24, 2.45) is 11.8 Å². The molecule has 0 bridgehead atoms. The van der Waals surface area contributed by atoms with Gasteiger partial charge in [-0.1, -0.05) is 143 Å². The number of esters is 2. The van der Waals surface area contributed by atoms with Gasteiger partial charge in [0.25, 0.3) is 0 Å². The first kappa shape index (κ1) is 36.9. The van der Waals surface area contributed by atoms with Gasteiger partial charge in [0.2, 0.25) is 0 Å². The highest BCUT2D eigenvalue weighted by Crippen LogP contribution is 2.15. The Balaban J connectivity index is 3.43. The fraction of sp³-hybridized carbons (Fsp3) is 0.939. The third-order valence-electron chi connectivity index (χ3n) is 7.20. The lowest BCUT2D eigenvalue weighted by atomic mass is 10.0. The molecule has 1 N–H and O–H groups in total. The highest BCUT2D eigenvalue weighted by atomic mass is 16.6. The number of hydrogen-bond acceptors (Lipinski definition) is 5. The van der Waals surface area contributed by atoms with Gasteiger partial charge in [-0.15, -0.1) is 0 Å². The second-order valence-corrected chi connectivity index (χ2v) is 12.2. The number of carbonyl (C=O) groups excluding carboxylic acids is 2. The maximum atomic E-state index is 11.9. The van der Waals surface area contributed by atoms with Crippen LogP contribution < -0.4 is 0 Å². The molecule has 0 radical (unpaired) electrons. The van der Waals surface area contributed by atoms with Crippen molar-refractivity contribution >= 4 is 11.9 Å². The average Bonchev–Trinajstić information content (AvgIpc) is 2.87. The lowest BCUT2D eigenvalue weighted by Crippen LogP contribution is -2.25. The van der Waals surface area contributed by atoms with Crippen LogP contribution in [0, 0.1) is 11.8 Å². The summed E-state index contributed by atoms with van der Waals surface area (Å²) in [5.41, 5.74) is 0. The SMILES string of the molecule is CC(C)CCCCCCCCCCCC(=O)OCC(O)COC(=O)CCCCCCCCCCCC(C)C. The fourth-order valence-electron chi connectivity index (χ4n) is 4.69. The number of ether oxygens (including phenoxy) is 2. The van der Waals surface area contributed by atoms with Crippen molar-refractivity contribution in [3.05, 3.63) is 0 Å². The molecular formula is C33H64O5. The molecule has 0 rings (SSSR count). The normalized spacial score (nSPS) is 11.6. The van der Waals surface area contributed by atoms with Crippen LogP contribution >= 0.6 is 0 Å². The Hall–Kier alpha value is -1.10. The molecule has 0 aliphatic carbocycles. The zero-order chi connectivity index (χ0) is 28.3. The molecule has 0 aromatic heterocycles. The highest BCUT2D eigenvalue weighted by molar-refractivity contribution is 5.69. The second-order valence-electron chi connectivity index (χ2n) is 12.2. The molecule has 5 heteroatoms. The molecule has 226 valence electrons. The highest BCUT2D eigenvalue weighted by Gasteiger charge is 2.12. The van der Waals surface area contributed by atoms with E-state index in [1.54, 1.807) is 0 Å². The molecule has 0 saturated carbocycles. The third-order valence-corrected chi connectivity index (χ3v) is 7.20. The van der Waals surface area contributed by atoms with Crippen molar-refractivity contribution in [2.75, 3.05) is 13.2 Å². The van der Waals surface area contributed by atoms with Gasteiger partial charge in [-0.25, -0.2) is 0 Å². The minimum absolute atomic E-state index is 0.111. The average molecular weight is 541 g/mol. The van der Waals surface area contributed by atoms with E-state index in [0.29, 0.717) is 12.8 Å². The molecule has 38 heavy (non-hydrogen) atoms. The van der Waals surface area contributed by atoms with Gasteiger partial charge in [0.05, 0.1) is 0 Å². The first-order chi connectivity index (χ1) is 18.3. The molecule has 0 aliphatic rings. The van der Waals surface area contributed by atoms with E-state index in [0.717, 1.165) is 50.4 Å². The van der Waals surface area contributed by atoms with E-state index >= 15 is 0 Å². The van der Waals surface area contributed by atoms with Crippen LogP contribution in [0.3, 0.4) is 0 Å². The summed E-state index contributed by atoms with van der Waals surface area (Å²) in [6.07, 6.45) is 24.4. The van der Waals surface area contributed by atoms with Crippen molar-refractivity contribution in [3.8, 4) is 0 Å². The molecule has 0 aliphatic heterocycles. The quantitative estimate of drug-likeness (QED) is 0.0790. The van der Waals surface area contributed by atoms with Crippen molar-refractivity contribution in [3.63, 3.8) is 0 Å². The van der Waals surface area contributed by atoms with E-state index in [1.807, 2.05) is 0 Å². The summed E-state index contributed by atoms with van der Waals surface area (Å²) in [7, 11) is 0. The van der Waals surface area contributed by atoms with Crippen LogP contribution in [0.2, 0.25) is 0 Å². The summed E-state index contributed by atoms with van der Waals surface area (Å²) in [6, 6.07) is 0. The fourth-order valence-corrected chi connectivity index (χ4v) is 4.69. The standard InChI is InChI=1S/C33H64O5/c1-29(2)23-19-15-11-7-5-9-13-17-21-25-32(35)37-27-31(34)28-38-33(36)26-22-18-14-10-6-8-12-16-20-24-30(3)4/h29-31,34H,5-28H2,1-4H3. The molecule has 0 amide bonds. The first-order valence-corrected chi connectivity index (χ1v) is 16.3. The van der Waals surface area contributed by atoms with Gasteiger partial charge in [0, 0.05) is 12.8 Å². The summed E-state index contributed by atoms with van der Waals surface area (Å²) in [5, 5.41) is 9.94. The van der Waals surface area contributed by atoms with Gasteiger partial charge in [-0.05, 0) is 24.7 Å². The van der Waals surface area contributed by atoms with Gasteiger partial charge in [0.15, 0.2) is 0 Å². The van der Waals surface area contributed by atoms with Crippen molar-refractivity contribution < 1.29 is 24.2 Å². The van der Waals surface area contributed by atoms with E-state index in [1.165, 1.54) is 89.9 Å². The first-order valence-electron chi connectivity index (χ1n) is 16.3. The molecular weight excluding hydrogens is 476 g/mol. The smallest absolute Gasteiger partial charge is 0.305 e. The van der Waals surface area contributed by atoms with Gasteiger partial charge in [-0.3, -0.25) is 9.59 Å². The summed E-state index contributed by atoms with van der Waals surface area (Å²) in [6.45, 7) is 8.93. The monoisotopic (exact) mass is 540 g/mol. The van der Waals surface area contributed by atoms with Gasteiger partial charge in [-0.2, -0.15) is 0 Å². The molecule has 0 heterocycles. The summed E-state index contributed by atoms with van der Waals surface area (Å²) >= 11 is 0. The summed E-state index contributed by atoms with van der Waals surface area (Å²) in [5.74, 6) is 1.08. The predicted octanol–water partition coefficient (Wildman–Crippen LogP) is 9.33. The molecule has 0 unspecified atom stereocenters. The van der Waals surface area contributed by atoms with Crippen LogP contribution in [0.4, 0.5) is 0 Å². The largest absolute Gasteiger partial charge is 0.463 e. The van der Waals surface area contributed by atoms with Crippen molar-refractivity contribution in [2.45, 2.75) is 175 Å². The van der Waals surface area contributed by atoms with Crippen LogP contribution in [0.1, 0.15) is 169 Å². The lowest BCUT2D eigenvalue weighted by molar-refractivity contribution is -0.152. The third kappa shape index (κ3) is 29.5. The number of hydrogen-bond donors (Lipinski definition) is 1. The van der Waals surface area contributed by atoms with E-state index in [2.05, 4.69) is 27.7 Å². The van der Waals surface area contributed by atoms with E-state index in [-0.39, 0.29) is 25.2 Å². The van der Waals surface area contributed by atoms with Crippen molar-refractivity contribution in [1.29, 1.82) is 0 Å². The zero-order valence-electron chi connectivity index (χ0n) is 25.8. The number of carbonyl (C=O) groups is 2. The molecule has 0 fully saturated rings. The van der Waals surface area contributed by atoms with Crippen LogP contribution in [0.25, 0.3) is 0 Å². The molecule has 0 saturated heterocycles. The van der Waals surface area contributed by atoms with E-state index < -0.39 is 6.10 Å². The van der Waals surface area contributed by atoms with Gasteiger partial charge in [0.1, 0.15) is 19.3 Å². The van der Waals surface area contributed by atoms with Gasteiger partial charge >= 0.3 is 11.9 Å². The number of rotatable bonds is 28. The topological polar surface area (TPSA) is 72.8 Å². The van der Waals surface area contributed by atoms with E-state index in [4.69, 9.17) is 9.47 Å². The minimum Gasteiger partial charge on any atom is -0.463 e. The molecule has 0 spiro atoms. The molecule has 0 atom stereocenters. The lowest BCUT2D eigenvalue weighted by Gasteiger charge is -2.12. The van der Waals surface area contributed by atoms with Crippen LogP contribution in [0.5, 0.6) is 0 Å². The van der Waals surface area contributed by atoms with E-state index in [9.17, 15) is 14.7 Å². The maximum Gasteiger partial charge on any atom is 0.305 e. The Morgan fingerprint density at radius 3 is 1.03 bits per heavy atom. The Bertz CT molecular complexity index is 485. The van der Waals surface area contributed by atoms with Crippen molar-refractivity contribution in [1.82, 2.24) is 0 Å². The summed E-state index contributed by atoms with van der Waals surface area (Å²) in [4.78, 5) is 23.7. The molecule has 0 aromatic carbocycles. The van der Waals surface area contributed by atoms with Gasteiger partial charge < -0.3 is 14.6 Å². The second kappa shape index (κ2) is 27.5. The van der Waals surface area contributed by atoms with Crippen LogP contribution in [0.15, 0.2) is 0 Å². The van der Waals surface area contributed by atoms with Crippen LogP contribution in [-0.2, 0) is 19.1 Å². The predicted molar refractivity (Wildman–Crippen MR) is 159 cm³/mol. The van der Waals surface area contributed by atoms with Crippen LogP contribution in [-0.4, -0.2) is 36.4 Å². The Labute approximate surface area is 236 Å². The minimum atomic E-state index is -0.955. The zero-order valence-corrected chi connectivity index (χ0v) is 25.8. The molecule has 5 nitrogen and oxygen atoms in total. The number of aliphatic hydroxyl groups is 1.